The van der Waals surface area contributed by atoms with Crippen LogP contribution in [-0.4, -0.2) is 31.8 Å². The minimum Gasteiger partial charge on any atom is -0.290 e. The van der Waals surface area contributed by atoms with Crippen molar-refractivity contribution in [1.82, 2.24) is 4.72 Å². The fraction of sp³-hybridized carbons (Fsp3) is 0.562. The van der Waals surface area contributed by atoms with E-state index in [1.165, 1.54) is 12.1 Å². The highest BCUT2D eigenvalue weighted by molar-refractivity contribution is 7.84. The molecule has 0 bridgehead atoms. The van der Waals surface area contributed by atoms with Gasteiger partial charge in [-0.1, -0.05) is 24.3 Å². The number of hydrogen-bond acceptors (Lipinski definition) is 2. The van der Waals surface area contributed by atoms with Crippen LogP contribution in [0.3, 0.4) is 0 Å². The van der Waals surface area contributed by atoms with E-state index in [0.29, 0.717) is 5.56 Å². The van der Waals surface area contributed by atoms with Gasteiger partial charge in [0, 0.05) is 5.56 Å². The molecule has 2 rings (SSSR count). The van der Waals surface area contributed by atoms with Crippen molar-refractivity contribution in [2.24, 2.45) is 0 Å². The molecule has 8 heteroatoms. The Labute approximate surface area is 146 Å². The molecule has 0 spiro atoms. The van der Waals surface area contributed by atoms with Crippen molar-refractivity contribution in [2.45, 2.75) is 55.5 Å². The van der Waals surface area contributed by atoms with E-state index in [1.54, 1.807) is 32.9 Å². The third-order valence-electron chi connectivity index (χ3n) is 3.96. The molecule has 134 valence electrons. The summed E-state index contributed by atoms with van der Waals surface area (Å²) in [7, 11) is -2.02. The number of carbonyl (C=O) groups is 1. The number of benzene rings is 1. The molecule has 3 nitrogen and oxygen atoms in total. The Morgan fingerprint density at radius 1 is 1.29 bits per heavy atom. The van der Waals surface area contributed by atoms with Crippen LogP contribution in [0.4, 0.5) is 13.2 Å². The normalized spacial score (nSPS) is 24.4. The highest BCUT2D eigenvalue weighted by Gasteiger charge is 2.59. The molecule has 1 aromatic rings. The Kier molecular flexibility index (Phi) is 5.19. The first-order valence-electron chi connectivity index (χ1n) is 7.44. The first-order chi connectivity index (χ1) is 10.9. The monoisotopic (exact) mass is 381 g/mol. The van der Waals surface area contributed by atoms with Gasteiger partial charge in [-0.2, -0.15) is 8.78 Å². The van der Waals surface area contributed by atoms with Crippen molar-refractivity contribution in [3.63, 3.8) is 0 Å². The highest BCUT2D eigenvalue weighted by Crippen LogP contribution is 2.41. The molecule has 3 atom stereocenters. The minimum atomic E-state index is -4.09. The number of halogens is 4. The Balaban J connectivity index is 2.43. The summed E-state index contributed by atoms with van der Waals surface area (Å²) >= 11 is 5.09. The van der Waals surface area contributed by atoms with Gasteiger partial charge in [-0.25, -0.2) is 13.3 Å². The predicted octanol–water partition coefficient (Wildman–Crippen LogP) is 3.78. The Morgan fingerprint density at radius 2 is 1.88 bits per heavy atom. The molecule has 0 saturated heterocycles. The largest absolute Gasteiger partial charge is 0.341 e. The van der Waals surface area contributed by atoms with Gasteiger partial charge in [-0.15, -0.1) is 0 Å². The van der Waals surface area contributed by atoms with E-state index in [1.807, 2.05) is 0 Å². The second-order valence-corrected chi connectivity index (χ2v) is 9.32. The molecular weight excluding hydrogens is 363 g/mol. The summed E-state index contributed by atoms with van der Waals surface area (Å²) in [5.74, 6) is -1.06. The molecule has 0 fully saturated rings. The minimum absolute atomic E-state index is 0.0560. The lowest BCUT2D eigenvalue weighted by Crippen LogP contribution is -2.62. The maximum Gasteiger partial charge on any atom is 0.341 e. The van der Waals surface area contributed by atoms with Gasteiger partial charge < -0.3 is 0 Å². The second kappa shape index (κ2) is 6.42. The zero-order valence-corrected chi connectivity index (χ0v) is 15.1. The third kappa shape index (κ3) is 3.68. The number of carbonyl (C=O) groups excluding carboxylic acids is 1. The maximum atomic E-state index is 15.4. The molecule has 1 aliphatic carbocycles. The van der Waals surface area contributed by atoms with Crippen molar-refractivity contribution in [3.8, 4) is 0 Å². The number of hydrogen-bond donors (Lipinski definition) is 1. The topological polar surface area (TPSA) is 46.2 Å². The summed E-state index contributed by atoms with van der Waals surface area (Å²) < 4.78 is 56.6. The van der Waals surface area contributed by atoms with Gasteiger partial charge in [0.25, 0.3) is 0 Å². The van der Waals surface area contributed by atoms with Crippen LogP contribution in [0.25, 0.3) is 0 Å². The van der Waals surface area contributed by atoms with Crippen molar-refractivity contribution in [1.29, 1.82) is 0 Å². The molecule has 0 radical (unpaired) electrons. The molecule has 1 aliphatic rings. The SMILES string of the molecule is CC(C)(C)S(=O)N[C@H](C(F)(F)Cl)[C@@]1(F)CCc2ccccc2C1=O. The lowest BCUT2D eigenvalue weighted by molar-refractivity contribution is -0.0182. The van der Waals surface area contributed by atoms with Gasteiger partial charge >= 0.3 is 5.38 Å². The number of Topliss-reactive ketones (excluding diaryl/α,β-unsaturated/α-hetero) is 1. The average Bonchev–Trinajstić information content (AvgIpc) is 2.46. The van der Waals surface area contributed by atoms with E-state index in [-0.39, 0.29) is 12.0 Å². The van der Waals surface area contributed by atoms with E-state index in [4.69, 9.17) is 11.6 Å². The maximum absolute atomic E-state index is 15.4. The summed E-state index contributed by atoms with van der Waals surface area (Å²) in [6.45, 7) is 4.63. The summed E-state index contributed by atoms with van der Waals surface area (Å²) in [4.78, 5) is 12.6. The van der Waals surface area contributed by atoms with E-state index >= 15 is 4.39 Å². The predicted molar refractivity (Wildman–Crippen MR) is 88.6 cm³/mol. The van der Waals surface area contributed by atoms with Gasteiger partial charge in [0.15, 0.2) is 5.67 Å². The lowest BCUT2D eigenvalue weighted by atomic mass is 9.76. The molecule has 1 N–H and O–H groups in total. The van der Waals surface area contributed by atoms with Crippen LogP contribution in [0.15, 0.2) is 24.3 Å². The standard InChI is InChI=1S/C16H19ClF3NO2S/c1-14(2,3)24(23)21-13(16(17,19)20)15(18)9-8-10-6-4-5-7-11(10)12(15)22/h4-7,13,21H,8-9H2,1-3H3/t13-,15+,24?/m0/s1. The molecule has 0 amide bonds. The van der Waals surface area contributed by atoms with E-state index in [2.05, 4.69) is 4.72 Å². The zero-order valence-electron chi connectivity index (χ0n) is 13.5. The Bertz CT molecular complexity index is 672. The number of ketones is 1. The van der Waals surface area contributed by atoms with Gasteiger partial charge in [0.05, 0.1) is 15.7 Å². The van der Waals surface area contributed by atoms with Crippen molar-refractivity contribution in [3.05, 3.63) is 35.4 Å². The lowest BCUT2D eigenvalue weighted by Gasteiger charge is -2.38. The summed E-state index contributed by atoms with van der Waals surface area (Å²) in [6, 6.07) is 3.89. The van der Waals surface area contributed by atoms with Crippen LogP contribution >= 0.6 is 11.6 Å². The van der Waals surface area contributed by atoms with E-state index in [0.717, 1.165) is 0 Å². The number of aryl methyl sites for hydroxylation is 1. The second-order valence-electron chi connectivity index (χ2n) is 6.82. The number of nitrogens with one attached hydrogen (secondary N) is 1. The first kappa shape index (κ1) is 19.4. The summed E-state index contributed by atoms with van der Waals surface area (Å²) in [6.07, 6.45) is -0.337. The van der Waals surface area contributed by atoms with Crippen LogP contribution in [-0.2, 0) is 17.4 Å². The van der Waals surface area contributed by atoms with Gasteiger partial charge in [-0.05, 0) is 50.8 Å². The van der Waals surface area contributed by atoms with Gasteiger partial charge in [-0.3, -0.25) is 4.79 Å². The van der Waals surface area contributed by atoms with Crippen LogP contribution in [0, 0.1) is 0 Å². The van der Waals surface area contributed by atoms with Gasteiger partial charge in [0.1, 0.15) is 6.04 Å². The number of fused-ring (bicyclic) bond motifs is 1. The van der Waals surface area contributed by atoms with Gasteiger partial charge in [0.2, 0.25) is 5.78 Å². The van der Waals surface area contributed by atoms with Crippen molar-refractivity contribution < 1.29 is 22.2 Å². The molecule has 0 saturated carbocycles. The fourth-order valence-corrected chi connectivity index (χ4v) is 3.79. The van der Waals surface area contributed by atoms with Crippen LogP contribution in [0.5, 0.6) is 0 Å². The first-order valence-corrected chi connectivity index (χ1v) is 8.96. The molecule has 24 heavy (non-hydrogen) atoms. The Morgan fingerprint density at radius 3 is 2.42 bits per heavy atom. The van der Waals surface area contributed by atoms with E-state index in [9.17, 15) is 17.8 Å². The summed E-state index contributed by atoms with van der Waals surface area (Å²) in [5.41, 5.74) is -2.29. The van der Waals surface area contributed by atoms with Crippen molar-refractivity contribution in [2.75, 3.05) is 0 Å². The molecule has 0 aromatic heterocycles. The third-order valence-corrected chi connectivity index (χ3v) is 5.74. The summed E-state index contributed by atoms with van der Waals surface area (Å²) in [5, 5.41) is -4.09. The zero-order chi connectivity index (χ0) is 18.3. The van der Waals surface area contributed by atoms with Crippen LogP contribution in [0.1, 0.15) is 43.1 Å². The van der Waals surface area contributed by atoms with Crippen LogP contribution < -0.4 is 4.72 Å². The average molecular weight is 382 g/mol. The number of alkyl halides is 4. The highest BCUT2D eigenvalue weighted by atomic mass is 35.5. The van der Waals surface area contributed by atoms with Crippen molar-refractivity contribution >= 4 is 28.4 Å². The fourth-order valence-electron chi connectivity index (χ4n) is 2.59. The smallest absolute Gasteiger partial charge is 0.290 e. The molecule has 1 unspecified atom stereocenters. The molecular formula is C16H19ClF3NO2S. The molecule has 0 aliphatic heterocycles. The Hall–Kier alpha value is -0.920. The molecule has 1 aromatic carbocycles. The van der Waals surface area contributed by atoms with E-state index < -0.39 is 45.0 Å². The number of rotatable bonds is 4. The van der Waals surface area contributed by atoms with Crippen LogP contribution in [0.2, 0.25) is 0 Å². The quantitative estimate of drug-likeness (QED) is 0.807. The molecule has 0 heterocycles.